The molecule has 0 aromatic heterocycles. The van der Waals surface area contributed by atoms with Gasteiger partial charge in [-0.2, -0.15) is 0 Å². The van der Waals surface area contributed by atoms with Crippen molar-refractivity contribution in [3.63, 3.8) is 0 Å². The molecule has 48 heavy (non-hydrogen) atoms. The van der Waals surface area contributed by atoms with Crippen molar-refractivity contribution in [1.82, 2.24) is 0 Å². The maximum absolute atomic E-state index is 2.46. The van der Waals surface area contributed by atoms with Gasteiger partial charge < -0.3 is 4.90 Å². The minimum Gasteiger partial charge on any atom is -0.310 e. The van der Waals surface area contributed by atoms with Gasteiger partial charge in [-0.15, -0.1) is 0 Å². The molecule has 0 aliphatic heterocycles. The molecule has 9 rings (SSSR count). The summed E-state index contributed by atoms with van der Waals surface area (Å²) in [7, 11) is 0. The maximum Gasteiger partial charge on any atom is 0.0546 e. The molecule has 1 aliphatic carbocycles. The van der Waals surface area contributed by atoms with Crippen molar-refractivity contribution in [2.45, 2.75) is 19.3 Å². The fourth-order valence-electron chi connectivity index (χ4n) is 7.81. The summed E-state index contributed by atoms with van der Waals surface area (Å²) in [5.74, 6) is 0. The summed E-state index contributed by atoms with van der Waals surface area (Å²) < 4.78 is 0. The lowest BCUT2D eigenvalue weighted by Crippen LogP contribution is -2.15. The third kappa shape index (κ3) is 4.54. The van der Waals surface area contributed by atoms with Gasteiger partial charge in [0, 0.05) is 22.2 Å². The van der Waals surface area contributed by atoms with Gasteiger partial charge in [0.05, 0.1) is 5.69 Å². The molecular weight excluding hydrogens is 579 g/mol. The Morgan fingerprint density at radius 2 is 0.958 bits per heavy atom. The lowest BCUT2D eigenvalue weighted by atomic mass is 9.82. The first-order valence-corrected chi connectivity index (χ1v) is 16.8. The Bertz CT molecular complexity index is 2460. The molecule has 0 spiro atoms. The standard InChI is InChI=1S/C47H35N/c1-47(2)43-20-9-8-18-41(43)42-31-39(28-29-44(42)47)48(38-27-26-33-14-6-7-15-37(33)30-38)45-21-11-17-36-16-10-19-40(46(36)45)35-24-22-34(23-25-35)32-12-4-3-5-13-32/h3-31H,1-2H3. The van der Waals surface area contributed by atoms with Crippen molar-refractivity contribution in [1.29, 1.82) is 0 Å². The molecule has 0 fully saturated rings. The zero-order chi connectivity index (χ0) is 32.2. The summed E-state index contributed by atoms with van der Waals surface area (Å²) in [6.45, 7) is 4.69. The van der Waals surface area contributed by atoms with Crippen LogP contribution in [0.25, 0.3) is 54.9 Å². The molecule has 0 N–H and O–H groups in total. The maximum atomic E-state index is 2.46. The molecule has 1 aliphatic rings. The van der Waals surface area contributed by atoms with Crippen molar-refractivity contribution < 1.29 is 0 Å². The van der Waals surface area contributed by atoms with E-state index in [1.165, 1.54) is 66.1 Å². The van der Waals surface area contributed by atoms with Crippen molar-refractivity contribution in [2.24, 2.45) is 0 Å². The summed E-state index contributed by atoms with van der Waals surface area (Å²) >= 11 is 0. The second-order valence-electron chi connectivity index (χ2n) is 13.4. The van der Waals surface area contributed by atoms with Gasteiger partial charge in [-0.05, 0) is 91.0 Å². The van der Waals surface area contributed by atoms with Crippen LogP contribution in [-0.2, 0) is 5.41 Å². The van der Waals surface area contributed by atoms with Gasteiger partial charge >= 0.3 is 0 Å². The molecule has 0 amide bonds. The van der Waals surface area contributed by atoms with Gasteiger partial charge in [0.15, 0.2) is 0 Å². The molecule has 0 saturated heterocycles. The highest BCUT2D eigenvalue weighted by atomic mass is 15.1. The van der Waals surface area contributed by atoms with E-state index in [2.05, 4.69) is 195 Å². The molecule has 0 bridgehead atoms. The normalized spacial score (nSPS) is 13.0. The molecule has 0 unspecified atom stereocenters. The van der Waals surface area contributed by atoms with Gasteiger partial charge in [0.25, 0.3) is 0 Å². The summed E-state index contributed by atoms with van der Waals surface area (Å²) in [6, 6.07) is 64.5. The zero-order valence-corrected chi connectivity index (χ0v) is 27.2. The van der Waals surface area contributed by atoms with E-state index in [-0.39, 0.29) is 5.41 Å². The zero-order valence-electron chi connectivity index (χ0n) is 27.2. The monoisotopic (exact) mass is 613 g/mol. The minimum atomic E-state index is -0.0449. The Kier molecular flexibility index (Phi) is 6.55. The largest absolute Gasteiger partial charge is 0.310 e. The number of hydrogen-bond acceptors (Lipinski definition) is 1. The van der Waals surface area contributed by atoms with Crippen LogP contribution in [0.4, 0.5) is 17.1 Å². The fraction of sp³-hybridized carbons (Fsp3) is 0.0638. The number of nitrogens with zero attached hydrogens (tertiary/aromatic N) is 1. The molecule has 228 valence electrons. The van der Waals surface area contributed by atoms with E-state index in [9.17, 15) is 0 Å². The summed E-state index contributed by atoms with van der Waals surface area (Å²) in [5, 5.41) is 4.92. The molecule has 0 saturated carbocycles. The quantitative estimate of drug-likeness (QED) is 0.187. The lowest BCUT2D eigenvalue weighted by molar-refractivity contribution is 0.660. The fourth-order valence-corrected chi connectivity index (χ4v) is 7.81. The highest BCUT2D eigenvalue weighted by Gasteiger charge is 2.35. The second kappa shape index (κ2) is 11.1. The molecular formula is C47H35N. The molecule has 0 atom stereocenters. The van der Waals surface area contributed by atoms with E-state index in [1.807, 2.05) is 0 Å². The number of rotatable bonds is 5. The third-order valence-electron chi connectivity index (χ3n) is 10.2. The Balaban J connectivity index is 1.27. The first kappa shape index (κ1) is 28.3. The van der Waals surface area contributed by atoms with Gasteiger partial charge in [0.1, 0.15) is 0 Å². The molecule has 8 aromatic rings. The summed E-state index contributed by atoms with van der Waals surface area (Å²) in [4.78, 5) is 2.46. The molecule has 0 radical (unpaired) electrons. The van der Waals surface area contributed by atoms with E-state index in [1.54, 1.807) is 0 Å². The molecule has 1 heteroatoms. The predicted octanol–water partition coefficient (Wildman–Crippen LogP) is 13.1. The van der Waals surface area contributed by atoms with Crippen molar-refractivity contribution >= 4 is 38.6 Å². The third-order valence-corrected chi connectivity index (χ3v) is 10.2. The van der Waals surface area contributed by atoms with Crippen molar-refractivity contribution in [2.75, 3.05) is 4.90 Å². The van der Waals surface area contributed by atoms with E-state index in [0.29, 0.717) is 0 Å². The van der Waals surface area contributed by atoms with Crippen LogP contribution in [0.15, 0.2) is 176 Å². The van der Waals surface area contributed by atoms with Crippen LogP contribution in [0.3, 0.4) is 0 Å². The number of fused-ring (bicyclic) bond motifs is 5. The highest BCUT2D eigenvalue weighted by molar-refractivity contribution is 6.08. The van der Waals surface area contributed by atoms with Crippen LogP contribution in [0.1, 0.15) is 25.0 Å². The first-order chi connectivity index (χ1) is 23.6. The average Bonchev–Trinajstić information content (AvgIpc) is 3.37. The van der Waals surface area contributed by atoms with Gasteiger partial charge in [0.2, 0.25) is 0 Å². The molecule has 8 aromatic carbocycles. The highest BCUT2D eigenvalue weighted by Crippen LogP contribution is 2.51. The van der Waals surface area contributed by atoms with Gasteiger partial charge in [-0.3, -0.25) is 0 Å². The van der Waals surface area contributed by atoms with E-state index in [4.69, 9.17) is 0 Å². The van der Waals surface area contributed by atoms with Crippen LogP contribution in [0, 0.1) is 0 Å². The van der Waals surface area contributed by atoms with Crippen LogP contribution in [-0.4, -0.2) is 0 Å². The first-order valence-electron chi connectivity index (χ1n) is 16.8. The van der Waals surface area contributed by atoms with Crippen LogP contribution < -0.4 is 4.90 Å². The Morgan fingerprint density at radius 3 is 1.79 bits per heavy atom. The van der Waals surface area contributed by atoms with E-state index >= 15 is 0 Å². The lowest BCUT2D eigenvalue weighted by Gasteiger charge is -2.29. The van der Waals surface area contributed by atoms with Gasteiger partial charge in [-0.25, -0.2) is 0 Å². The van der Waals surface area contributed by atoms with E-state index in [0.717, 1.165) is 17.1 Å². The van der Waals surface area contributed by atoms with E-state index < -0.39 is 0 Å². The van der Waals surface area contributed by atoms with Crippen LogP contribution in [0.2, 0.25) is 0 Å². The van der Waals surface area contributed by atoms with Crippen molar-refractivity contribution in [3.8, 4) is 33.4 Å². The smallest absolute Gasteiger partial charge is 0.0546 e. The Labute approximate surface area is 282 Å². The Morgan fingerprint density at radius 1 is 0.375 bits per heavy atom. The SMILES string of the molecule is CC1(C)c2ccccc2-c2cc(N(c3ccc4ccccc4c3)c3cccc4cccc(-c5ccc(-c6ccccc6)cc5)c34)ccc21. The molecule has 1 nitrogen and oxygen atoms in total. The van der Waals surface area contributed by atoms with Crippen LogP contribution >= 0.6 is 0 Å². The van der Waals surface area contributed by atoms with Crippen LogP contribution in [0.5, 0.6) is 0 Å². The predicted molar refractivity (Wildman–Crippen MR) is 205 cm³/mol. The topological polar surface area (TPSA) is 3.24 Å². The average molecular weight is 614 g/mol. The molecule has 0 heterocycles. The Hall–Kier alpha value is -5.92. The summed E-state index contributed by atoms with van der Waals surface area (Å²) in [6.07, 6.45) is 0. The number of hydrogen-bond donors (Lipinski definition) is 0. The number of anilines is 3. The van der Waals surface area contributed by atoms with Crippen molar-refractivity contribution in [3.05, 3.63) is 187 Å². The minimum absolute atomic E-state index is 0.0449. The second-order valence-corrected chi connectivity index (χ2v) is 13.4. The number of benzene rings is 8. The summed E-state index contributed by atoms with van der Waals surface area (Å²) in [5.41, 5.74) is 13.7. The van der Waals surface area contributed by atoms with Gasteiger partial charge in [-0.1, -0.05) is 159 Å².